The maximum absolute atomic E-state index is 6.08. The lowest BCUT2D eigenvalue weighted by Gasteiger charge is -2.06. The summed E-state index contributed by atoms with van der Waals surface area (Å²) in [6, 6.07) is 9.25. The van der Waals surface area contributed by atoms with Crippen molar-refractivity contribution in [2.75, 3.05) is 5.73 Å². The van der Waals surface area contributed by atoms with Crippen LogP contribution in [0.4, 0.5) is 5.69 Å². The SMILES string of the molecule is Nc1ccc(Cl)c(SCc2cccnc2Cl)c1. The van der Waals surface area contributed by atoms with Crippen molar-refractivity contribution in [3.63, 3.8) is 0 Å². The van der Waals surface area contributed by atoms with Crippen molar-refractivity contribution in [3.8, 4) is 0 Å². The van der Waals surface area contributed by atoms with E-state index in [4.69, 9.17) is 28.9 Å². The lowest BCUT2D eigenvalue weighted by molar-refractivity contribution is 1.25. The van der Waals surface area contributed by atoms with Gasteiger partial charge in [0.15, 0.2) is 0 Å². The zero-order valence-corrected chi connectivity index (χ0v) is 11.2. The first-order valence-corrected chi connectivity index (χ1v) is 6.68. The van der Waals surface area contributed by atoms with E-state index in [0.717, 1.165) is 16.2 Å². The molecular weight excluding hydrogens is 275 g/mol. The number of halogens is 2. The summed E-state index contributed by atoms with van der Waals surface area (Å²) in [5.74, 6) is 0.718. The number of rotatable bonds is 3. The number of nitrogens with zero attached hydrogens (tertiary/aromatic N) is 1. The highest BCUT2D eigenvalue weighted by molar-refractivity contribution is 7.98. The number of nitrogen functional groups attached to an aromatic ring is 1. The van der Waals surface area contributed by atoms with Gasteiger partial charge in [-0.2, -0.15) is 0 Å². The first kappa shape index (κ1) is 12.6. The molecule has 1 aromatic carbocycles. The molecule has 2 aromatic rings. The topological polar surface area (TPSA) is 38.9 Å². The Bertz CT molecular complexity index is 532. The molecule has 2 nitrogen and oxygen atoms in total. The van der Waals surface area contributed by atoms with Crippen molar-refractivity contribution >= 4 is 40.7 Å². The molecule has 88 valence electrons. The Kier molecular flexibility index (Phi) is 4.15. The van der Waals surface area contributed by atoms with Gasteiger partial charge in [-0.1, -0.05) is 29.3 Å². The van der Waals surface area contributed by atoms with E-state index in [1.165, 1.54) is 0 Å². The Hall–Kier alpha value is -0.900. The molecule has 0 unspecified atom stereocenters. The minimum absolute atomic E-state index is 0.528. The Morgan fingerprint density at radius 2 is 2.06 bits per heavy atom. The summed E-state index contributed by atoms with van der Waals surface area (Å²) in [6.07, 6.45) is 1.67. The second kappa shape index (κ2) is 5.63. The molecule has 17 heavy (non-hydrogen) atoms. The van der Waals surface area contributed by atoms with Crippen LogP contribution in [0.1, 0.15) is 5.56 Å². The standard InChI is InChI=1S/C12H10Cl2N2S/c13-10-4-3-9(15)6-11(10)17-7-8-2-1-5-16-12(8)14/h1-6H,7,15H2. The fraction of sp³-hybridized carbons (Fsp3) is 0.0833. The van der Waals surface area contributed by atoms with Crippen LogP contribution in [0.2, 0.25) is 10.2 Å². The maximum Gasteiger partial charge on any atom is 0.133 e. The molecule has 0 spiro atoms. The molecule has 5 heteroatoms. The molecule has 0 amide bonds. The summed E-state index contributed by atoms with van der Waals surface area (Å²) >= 11 is 13.6. The fourth-order valence-corrected chi connectivity index (χ4v) is 2.83. The third-order valence-corrected chi connectivity index (χ3v) is 4.06. The van der Waals surface area contributed by atoms with Gasteiger partial charge in [-0.3, -0.25) is 0 Å². The molecule has 0 fully saturated rings. The molecule has 0 saturated carbocycles. The van der Waals surface area contributed by atoms with Crippen molar-refractivity contribution in [2.24, 2.45) is 0 Å². The third-order valence-electron chi connectivity index (χ3n) is 2.17. The highest BCUT2D eigenvalue weighted by Crippen LogP contribution is 2.32. The van der Waals surface area contributed by atoms with Crippen molar-refractivity contribution < 1.29 is 0 Å². The number of hydrogen-bond donors (Lipinski definition) is 1. The zero-order chi connectivity index (χ0) is 12.3. The van der Waals surface area contributed by atoms with Crippen molar-refractivity contribution in [2.45, 2.75) is 10.6 Å². The second-order valence-electron chi connectivity index (χ2n) is 3.43. The Morgan fingerprint density at radius 1 is 1.24 bits per heavy atom. The Balaban J connectivity index is 2.12. The van der Waals surface area contributed by atoms with Gasteiger partial charge in [-0.25, -0.2) is 4.98 Å². The second-order valence-corrected chi connectivity index (χ2v) is 5.21. The fourth-order valence-electron chi connectivity index (χ4n) is 1.31. The molecule has 1 aromatic heterocycles. The van der Waals surface area contributed by atoms with Crippen LogP contribution in [0.15, 0.2) is 41.4 Å². The van der Waals surface area contributed by atoms with Crippen LogP contribution < -0.4 is 5.73 Å². The van der Waals surface area contributed by atoms with Gasteiger partial charge in [0, 0.05) is 22.5 Å². The summed E-state index contributed by atoms with van der Waals surface area (Å²) < 4.78 is 0. The highest BCUT2D eigenvalue weighted by Gasteiger charge is 2.05. The van der Waals surface area contributed by atoms with Crippen LogP contribution in [0.3, 0.4) is 0 Å². The molecule has 2 N–H and O–H groups in total. The van der Waals surface area contributed by atoms with E-state index in [1.54, 1.807) is 30.1 Å². The van der Waals surface area contributed by atoms with Gasteiger partial charge in [0.1, 0.15) is 5.15 Å². The van der Waals surface area contributed by atoms with Gasteiger partial charge < -0.3 is 5.73 Å². The smallest absolute Gasteiger partial charge is 0.133 e. The summed E-state index contributed by atoms with van der Waals surface area (Å²) in [5.41, 5.74) is 7.40. The highest BCUT2D eigenvalue weighted by atomic mass is 35.5. The predicted molar refractivity (Wildman–Crippen MR) is 74.7 cm³/mol. The predicted octanol–water partition coefficient (Wildman–Crippen LogP) is 4.26. The number of nitrogens with two attached hydrogens (primary N) is 1. The maximum atomic E-state index is 6.08. The molecule has 2 rings (SSSR count). The van der Waals surface area contributed by atoms with E-state index in [9.17, 15) is 0 Å². The molecule has 0 saturated heterocycles. The largest absolute Gasteiger partial charge is 0.399 e. The van der Waals surface area contributed by atoms with Crippen molar-refractivity contribution in [1.29, 1.82) is 0 Å². The van der Waals surface area contributed by atoms with Gasteiger partial charge in [0.05, 0.1) is 5.02 Å². The van der Waals surface area contributed by atoms with Gasteiger partial charge in [0.2, 0.25) is 0 Å². The van der Waals surface area contributed by atoms with Crippen LogP contribution in [0.25, 0.3) is 0 Å². The van der Waals surface area contributed by atoms with Crippen LogP contribution >= 0.6 is 35.0 Å². The Morgan fingerprint density at radius 3 is 2.82 bits per heavy atom. The minimum atomic E-state index is 0.528. The first-order chi connectivity index (χ1) is 8.16. The van der Waals surface area contributed by atoms with Crippen LogP contribution in [0.5, 0.6) is 0 Å². The summed E-state index contributed by atoms with van der Waals surface area (Å²) in [6.45, 7) is 0. The molecular formula is C12H10Cl2N2S. The van der Waals surface area contributed by atoms with Crippen LogP contribution in [0, 0.1) is 0 Å². The molecule has 0 atom stereocenters. The van der Waals surface area contributed by atoms with E-state index >= 15 is 0 Å². The molecule has 0 aliphatic rings. The molecule has 1 heterocycles. The molecule has 0 aliphatic carbocycles. The minimum Gasteiger partial charge on any atom is -0.399 e. The van der Waals surface area contributed by atoms with Gasteiger partial charge in [0.25, 0.3) is 0 Å². The van der Waals surface area contributed by atoms with E-state index in [2.05, 4.69) is 4.98 Å². The molecule has 0 aliphatic heterocycles. The Labute approximate surface area is 114 Å². The molecule has 0 bridgehead atoms. The van der Waals surface area contributed by atoms with Gasteiger partial charge >= 0.3 is 0 Å². The number of aromatic nitrogens is 1. The number of hydrogen-bond acceptors (Lipinski definition) is 3. The normalized spacial score (nSPS) is 10.5. The zero-order valence-electron chi connectivity index (χ0n) is 8.86. The van der Waals surface area contributed by atoms with Crippen LogP contribution in [-0.2, 0) is 5.75 Å². The van der Waals surface area contributed by atoms with Crippen LogP contribution in [-0.4, -0.2) is 4.98 Å². The van der Waals surface area contributed by atoms with Gasteiger partial charge in [-0.15, -0.1) is 11.8 Å². The lowest BCUT2D eigenvalue weighted by Crippen LogP contribution is -1.88. The summed E-state index contributed by atoms with van der Waals surface area (Å²) in [5, 5.41) is 1.23. The lowest BCUT2D eigenvalue weighted by atomic mass is 10.3. The molecule has 0 radical (unpaired) electrons. The number of benzene rings is 1. The van der Waals surface area contributed by atoms with Crippen molar-refractivity contribution in [3.05, 3.63) is 52.3 Å². The summed E-state index contributed by atoms with van der Waals surface area (Å²) in [7, 11) is 0. The monoisotopic (exact) mass is 284 g/mol. The van der Waals surface area contributed by atoms with E-state index < -0.39 is 0 Å². The number of anilines is 1. The average molecular weight is 285 g/mol. The quantitative estimate of drug-likeness (QED) is 0.520. The van der Waals surface area contributed by atoms with Gasteiger partial charge in [-0.05, 0) is 29.8 Å². The van der Waals surface area contributed by atoms with E-state index in [0.29, 0.717) is 15.9 Å². The van der Waals surface area contributed by atoms with Crippen molar-refractivity contribution in [1.82, 2.24) is 4.98 Å². The van der Waals surface area contributed by atoms with E-state index in [1.807, 2.05) is 18.2 Å². The third kappa shape index (κ3) is 3.28. The number of thioether (sulfide) groups is 1. The average Bonchev–Trinajstić information content (AvgIpc) is 2.32. The first-order valence-electron chi connectivity index (χ1n) is 4.94. The summed E-state index contributed by atoms with van der Waals surface area (Å²) in [4.78, 5) is 4.98. The van der Waals surface area contributed by atoms with E-state index in [-0.39, 0.29) is 0 Å². The number of pyridine rings is 1.